The van der Waals surface area contributed by atoms with Gasteiger partial charge >= 0.3 is 0 Å². The lowest BCUT2D eigenvalue weighted by Crippen LogP contribution is -2.39. The summed E-state index contributed by atoms with van der Waals surface area (Å²) < 4.78 is 5.40. The second-order valence-electron chi connectivity index (χ2n) is 8.42. The number of benzene rings is 1. The number of piperidine rings is 1. The first-order valence-corrected chi connectivity index (χ1v) is 11.3. The van der Waals surface area contributed by atoms with E-state index in [9.17, 15) is 4.79 Å². The number of nitrogens with one attached hydrogen (secondary N) is 1. The van der Waals surface area contributed by atoms with Crippen molar-refractivity contribution < 1.29 is 9.53 Å². The number of amides is 1. The van der Waals surface area contributed by atoms with E-state index < -0.39 is 0 Å². The summed E-state index contributed by atoms with van der Waals surface area (Å²) in [5.74, 6) is 1.57. The van der Waals surface area contributed by atoms with Crippen LogP contribution in [-0.2, 0) is 0 Å². The third kappa shape index (κ3) is 3.92. The SMILES string of the molecule is COc1ccccc1C(=O)N1CCC[C@@H](c2[nH]ncc2-c2ccnc(N3CCCC3)n2)C1. The molecule has 2 saturated heterocycles. The van der Waals surface area contributed by atoms with Crippen LogP contribution in [0.15, 0.2) is 42.7 Å². The van der Waals surface area contributed by atoms with Crippen molar-refractivity contribution in [2.24, 2.45) is 0 Å². The highest BCUT2D eigenvalue weighted by molar-refractivity contribution is 5.97. The van der Waals surface area contributed by atoms with Gasteiger partial charge in [0.1, 0.15) is 5.75 Å². The second-order valence-corrected chi connectivity index (χ2v) is 8.42. The van der Waals surface area contributed by atoms with Crippen molar-refractivity contribution in [3.8, 4) is 17.0 Å². The van der Waals surface area contributed by atoms with Crippen molar-refractivity contribution in [3.63, 3.8) is 0 Å². The third-order valence-electron chi connectivity index (χ3n) is 6.43. The van der Waals surface area contributed by atoms with E-state index in [2.05, 4.69) is 20.1 Å². The summed E-state index contributed by atoms with van der Waals surface area (Å²) >= 11 is 0. The quantitative estimate of drug-likeness (QED) is 0.664. The molecule has 8 heteroatoms. The molecule has 0 bridgehead atoms. The first-order chi connectivity index (χ1) is 15.7. The molecule has 0 spiro atoms. The van der Waals surface area contributed by atoms with Gasteiger partial charge in [0.05, 0.1) is 24.6 Å². The third-order valence-corrected chi connectivity index (χ3v) is 6.43. The molecule has 0 unspecified atom stereocenters. The lowest BCUT2D eigenvalue weighted by atomic mass is 9.91. The number of aromatic amines is 1. The van der Waals surface area contributed by atoms with Crippen LogP contribution in [0.1, 0.15) is 47.7 Å². The average Bonchev–Trinajstić information content (AvgIpc) is 3.56. The fraction of sp³-hybridized carbons (Fsp3) is 0.417. The van der Waals surface area contributed by atoms with Crippen LogP contribution < -0.4 is 9.64 Å². The lowest BCUT2D eigenvalue weighted by Gasteiger charge is -2.33. The zero-order chi connectivity index (χ0) is 21.9. The fourth-order valence-corrected chi connectivity index (χ4v) is 4.77. The van der Waals surface area contributed by atoms with Gasteiger partial charge in [0, 0.05) is 49.6 Å². The zero-order valence-electron chi connectivity index (χ0n) is 18.3. The first kappa shape index (κ1) is 20.5. The van der Waals surface area contributed by atoms with Crippen LogP contribution in [0.4, 0.5) is 5.95 Å². The summed E-state index contributed by atoms with van der Waals surface area (Å²) in [7, 11) is 1.60. The Bertz CT molecular complexity index is 1090. The van der Waals surface area contributed by atoms with Gasteiger partial charge in [-0.15, -0.1) is 0 Å². The van der Waals surface area contributed by atoms with Crippen molar-refractivity contribution in [1.29, 1.82) is 0 Å². The van der Waals surface area contributed by atoms with Crippen molar-refractivity contribution in [1.82, 2.24) is 25.1 Å². The van der Waals surface area contributed by atoms with E-state index in [0.29, 0.717) is 17.9 Å². The first-order valence-electron chi connectivity index (χ1n) is 11.3. The number of rotatable bonds is 5. The van der Waals surface area contributed by atoms with E-state index in [1.165, 1.54) is 12.8 Å². The number of methoxy groups -OCH3 is 1. The Morgan fingerprint density at radius 1 is 1.12 bits per heavy atom. The topological polar surface area (TPSA) is 87.2 Å². The number of hydrogen-bond acceptors (Lipinski definition) is 6. The minimum atomic E-state index is 0.00608. The summed E-state index contributed by atoms with van der Waals surface area (Å²) in [6.45, 7) is 3.38. The molecular weight excluding hydrogens is 404 g/mol. The van der Waals surface area contributed by atoms with Gasteiger partial charge in [0.2, 0.25) is 5.95 Å². The zero-order valence-corrected chi connectivity index (χ0v) is 18.3. The smallest absolute Gasteiger partial charge is 0.257 e. The molecular formula is C24H28N6O2. The van der Waals surface area contributed by atoms with E-state index in [4.69, 9.17) is 9.72 Å². The van der Waals surface area contributed by atoms with Crippen molar-refractivity contribution in [2.45, 2.75) is 31.6 Å². The number of aromatic nitrogens is 4. The van der Waals surface area contributed by atoms with Crippen LogP contribution in [0.2, 0.25) is 0 Å². The van der Waals surface area contributed by atoms with Crippen LogP contribution in [0, 0.1) is 0 Å². The molecule has 5 rings (SSSR count). The number of hydrogen-bond donors (Lipinski definition) is 1. The molecule has 1 atom stereocenters. The van der Waals surface area contributed by atoms with E-state index in [-0.39, 0.29) is 11.8 Å². The number of carbonyl (C=O) groups excluding carboxylic acids is 1. The van der Waals surface area contributed by atoms with E-state index in [1.54, 1.807) is 7.11 Å². The number of nitrogens with zero attached hydrogens (tertiary/aromatic N) is 5. The Labute approximate surface area is 187 Å². The summed E-state index contributed by atoms with van der Waals surface area (Å²) in [5, 5.41) is 7.53. The normalized spacial score (nSPS) is 18.7. The molecule has 0 radical (unpaired) electrons. The summed E-state index contributed by atoms with van der Waals surface area (Å²) in [4.78, 5) is 26.7. The van der Waals surface area contributed by atoms with Gasteiger partial charge in [-0.1, -0.05) is 12.1 Å². The highest BCUT2D eigenvalue weighted by atomic mass is 16.5. The molecule has 0 aliphatic carbocycles. The minimum absolute atomic E-state index is 0.00608. The van der Waals surface area contributed by atoms with Crippen molar-refractivity contribution in [2.75, 3.05) is 38.2 Å². The van der Waals surface area contributed by atoms with Gasteiger partial charge in [-0.25, -0.2) is 9.97 Å². The largest absolute Gasteiger partial charge is 0.496 e. The summed E-state index contributed by atoms with van der Waals surface area (Å²) in [6.07, 6.45) is 7.96. The van der Waals surface area contributed by atoms with E-state index >= 15 is 0 Å². The predicted molar refractivity (Wildman–Crippen MR) is 122 cm³/mol. The molecule has 2 fully saturated rings. The number of anilines is 1. The maximum Gasteiger partial charge on any atom is 0.257 e. The van der Waals surface area contributed by atoms with Gasteiger partial charge in [0.25, 0.3) is 5.91 Å². The van der Waals surface area contributed by atoms with Crippen LogP contribution in [0.3, 0.4) is 0 Å². The molecule has 166 valence electrons. The Hall–Kier alpha value is -3.42. The molecule has 8 nitrogen and oxygen atoms in total. The number of likely N-dealkylation sites (tertiary alicyclic amines) is 1. The van der Waals surface area contributed by atoms with Gasteiger partial charge in [-0.2, -0.15) is 5.10 Å². The number of carbonyl (C=O) groups is 1. The molecule has 2 aliphatic rings. The average molecular weight is 433 g/mol. The monoisotopic (exact) mass is 432 g/mol. The minimum Gasteiger partial charge on any atom is -0.496 e. The van der Waals surface area contributed by atoms with Gasteiger partial charge in [-0.05, 0) is 43.9 Å². The van der Waals surface area contributed by atoms with Gasteiger partial charge in [-0.3, -0.25) is 9.89 Å². The highest BCUT2D eigenvalue weighted by Crippen LogP contribution is 2.34. The molecule has 3 aromatic rings. The van der Waals surface area contributed by atoms with Crippen LogP contribution in [-0.4, -0.2) is 64.3 Å². The Morgan fingerprint density at radius 3 is 2.81 bits per heavy atom. The van der Waals surface area contributed by atoms with E-state index in [1.807, 2.05) is 47.6 Å². The molecule has 2 aliphatic heterocycles. The van der Waals surface area contributed by atoms with Gasteiger partial charge < -0.3 is 14.5 Å². The molecule has 0 saturated carbocycles. The van der Waals surface area contributed by atoms with Crippen LogP contribution >= 0.6 is 0 Å². The molecule has 1 amide bonds. The van der Waals surface area contributed by atoms with E-state index in [0.717, 1.165) is 55.4 Å². The number of para-hydroxylation sites is 1. The Morgan fingerprint density at radius 2 is 1.97 bits per heavy atom. The van der Waals surface area contributed by atoms with Gasteiger partial charge in [0.15, 0.2) is 0 Å². The standard InChI is InChI=1S/C24H28N6O2/c1-32-21-9-3-2-8-18(21)23(31)30-14-6-7-17(16-30)22-19(15-26-28-22)20-10-11-25-24(27-20)29-12-4-5-13-29/h2-3,8-11,15,17H,4-7,12-14,16H2,1H3,(H,26,28)/t17-/m1/s1. The maximum absolute atomic E-state index is 13.2. The maximum atomic E-state index is 13.2. The fourth-order valence-electron chi connectivity index (χ4n) is 4.77. The predicted octanol–water partition coefficient (Wildman–Crippen LogP) is 3.50. The molecule has 1 N–H and O–H groups in total. The summed E-state index contributed by atoms with van der Waals surface area (Å²) in [5.41, 5.74) is 3.50. The number of H-pyrrole nitrogens is 1. The van der Waals surface area contributed by atoms with Crippen LogP contribution in [0.25, 0.3) is 11.3 Å². The Kier molecular flexibility index (Phi) is 5.75. The highest BCUT2D eigenvalue weighted by Gasteiger charge is 2.29. The number of ether oxygens (including phenoxy) is 1. The lowest BCUT2D eigenvalue weighted by molar-refractivity contribution is 0.0702. The molecule has 32 heavy (non-hydrogen) atoms. The van der Waals surface area contributed by atoms with Crippen LogP contribution in [0.5, 0.6) is 5.75 Å². The summed E-state index contributed by atoms with van der Waals surface area (Å²) in [6, 6.07) is 9.34. The van der Waals surface area contributed by atoms with Crippen molar-refractivity contribution in [3.05, 3.63) is 54.0 Å². The molecule has 1 aromatic carbocycles. The molecule has 4 heterocycles. The second kappa shape index (κ2) is 8.98. The molecule has 2 aromatic heterocycles. The van der Waals surface area contributed by atoms with Crippen molar-refractivity contribution >= 4 is 11.9 Å². The Balaban J connectivity index is 1.38.